The molecule has 0 saturated heterocycles. The lowest BCUT2D eigenvalue weighted by Crippen LogP contribution is -2.23. The van der Waals surface area contributed by atoms with Gasteiger partial charge in [0, 0.05) is 25.0 Å². The van der Waals surface area contributed by atoms with Crippen LogP contribution in [-0.4, -0.2) is 16.3 Å². The molecule has 1 N–H and O–H groups in total. The second kappa shape index (κ2) is 8.54. The molecule has 3 heteroatoms. The predicted molar refractivity (Wildman–Crippen MR) is 83.6 cm³/mol. The molecule has 108 valence electrons. The summed E-state index contributed by atoms with van der Waals surface area (Å²) in [4.78, 5) is 0. The Balaban J connectivity index is 1.78. The minimum atomic E-state index is 0.480. The van der Waals surface area contributed by atoms with E-state index in [4.69, 9.17) is 0 Å². The molecule has 0 radical (unpaired) electrons. The third kappa shape index (κ3) is 4.82. The van der Waals surface area contributed by atoms with Gasteiger partial charge >= 0.3 is 0 Å². The highest BCUT2D eigenvalue weighted by molar-refractivity contribution is 5.18. The Morgan fingerprint density at radius 2 is 2.00 bits per heavy atom. The van der Waals surface area contributed by atoms with Gasteiger partial charge in [-0.1, -0.05) is 50.1 Å². The van der Waals surface area contributed by atoms with Crippen molar-refractivity contribution in [1.82, 2.24) is 15.1 Å². The molecule has 1 aromatic carbocycles. The summed E-state index contributed by atoms with van der Waals surface area (Å²) >= 11 is 0. The average Bonchev–Trinajstić information content (AvgIpc) is 3.01. The highest BCUT2D eigenvalue weighted by Crippen LogP contribution is 2.19. The van der Waals surface area contributed by atoms with Gasteiger partial charge in [0.05, 0.1) is 0 Å². The quantitative estimate of drug-likeness (QED) is 0.703. The van der Waals surface area contributed by atoms with E-state index in [2.05, 4.69) is 47.7 Å². The number of hydrogen-bond donors (Lipinski definition) is 1. The number of benzene rings is 1. The fraction of sp³-hybridized carbons (Fsp3) is 0.471. The van der Waals surface area contributed by atoms with Crippen molar-refractivity contribution >= 4 is 0 Å². The standard InChI is InChI=1S/C17H25N3/c1-2-3-11-17(16-9-5-4-6-10-16)18-12-7-14-20-15-8-13-19-20/h4-6,8-10,13,15,17-18H,2-3,7,11-12,14H2,1H3. The molecule has 1 unspecified atom stereocenters. The van der Waals surface area contributed by atoms with Gasteiger partial charge in [-0.25, -0.2) is 0 Å². The fourth-order valence-electron chi connectivity index (χ4n) is 2.43. The number of hydrogen-bond acceptors (Lipinski definition) is 2. The van der Waals surface area contributed by atoms with Crippen LogP contribution in [0, 0.1) is 0 Å². The van der Waals surface area contributed by atoms with Gasteiger partial charge in [0.2, 0.25) is 0 Å². The third-order valence-corrected chi connectivity index (χ3v) is 3.56. The Kier molecular flexibility index (Phi) is 6.32. The van der Waals surface area contributed by atoms with Crippen LogP contribution in [0.1, 0.15) is 44.2 Å². The van der Waals surface area contributed by atoms with Gasteiger partial charge in [0.1, 0.15) is 0 Å². The number of nitrogens with zero attached hydrogens (tertiary/aromatic N) is 2. The largest absolute Gasteiger partial charge is 0.310 e. The highest BCUT2D eigenvalue weighted by Gasteiger charge is 2.09. The molecule has 0 bridgehead atoms. The Labute approximate surface area is 122 Å². The highest BCUT2D eigenvalue weighted by atomic mass is 15.3. The van der Waals surface area contributed by atoms with Gasteiger partial charge < -0.3 is 5.32 Å². The topological polar surface area (TPSA) is 29.9 Å². The second-order valence-electron chi connectivity index (χ2n) is 5.18. The van der Waals surface area contributed by atoms with E-state index in [1.807, 2.05) is 23.1 Å². The lowest BCUT2D eigenvalue weighted by Gasteiger charge is -2.19. The lowest BCUT2D eigenvalue weighted by molar-refractivity contribution is 0.456. The van der Waals surface area contributed by atoms with E-state index in [0.29, 0.717) is 6.04 Å². The van der Waals surface area contributed by atoms with Gasteiger partial charge in [-0.15, -0.1) is 0 Å². The SMILES string of the molecule is CCCCC(NCCCn1cccn1)c1ccccc1. The van der Waals surface area contributed by atoms with E-state index in [-0.39, 0.29) is 0 Å². The molecule has 0 aliphatic carbocycles. The molecule has 0 fully saturated rings. The first-order chi connectivity index (χ1) is 9.90. The maximum Gasteiger partial charge on any atom is 0.0489 e. The molecule has 3 nitrogen and oxygen atoms in total. The third-order valence-electron chi connectivity index (χ3n) is 3.56. The average molecular weight is 271 g/mol. The zero-order chi connectivity index (χ0) is 14.0. The summed E-state index contributed by atoms with van der Waals surface area (Å²) in [6, 6.07) is 13.2. The molecule has 2 aromatic rings. The Bertz CT molecular complexity index is 450. The first-order valence-corrected chi connectivity index (χ1v) is 7.66. The summed E-state index contributed by atoms with van der Waals surface area (Å²) in [5.41, 5.74) is 1.40. The monoisotopic (exact) mass is 271 g/mol. The van der Waals surface area contributed by atoms with E-state index in [1.165, 1.54) is 24.8 Å². The second-order valence-corrected chi connectivity index (χ2v) is 5.18. The van der Waals surface area contributed by atoms with Crippen molar-refractivity contribution in [3.8, 4) is 0 Å². The van der Waals surface area contributed by atoms with E-state index < -0.39 is 0 Å². The molecule has 0 aliphatic heterocycles. The van der Waals surface area contributed by atoms with Crippen LogP contribution in [0.2, 0.25) is 0 Å². The zero-order valence-corrected chi connectivity index (χ0v) is 12.3. The molecular formula is C17H25N3. The van der Waals surface area contributed by atoms with Gasteiger partial charge in [0.15, 0.2) is 0 Å². The van der Waals surface area contributed by atoms with Crippen LogP contribution in [0.5, 0.6) is 0 Å². The number of rotatable bonds is 9. The van der Waals surface area contributed by atoms with Crippen LogP contribution in [0.25, 0.3) is 0 Å². The van der Waals surface area contributed by atoms with Crippen LogP contribution in [0.4, 0.5) is 0 Å². The maximum atomic E-state index is 4.23. The van der Waals surface area contributed by atoms with Crippen molar-refractivity contribution in [3.05, 3.63) is 54.4 Å². The van der Waals surface area contributed by atoms with E-state index in [1.54, 1.807) is 0 Å². The van der Waals surface area contributed by atoms with Crippen molar-refractivity contribution in [1.29, 1.82) is 0 Å². The summed E-state index contributed by atoms with van der Waals surface area (Å²) in [6.07, 6.45) is 8.69. The van der Waals surface area contributed by atoms with Crippen molar-refractivity contribution in [3.63, 3.8) is 0 Å². The molecule has 0 saturated carbocycles. The molecule has 0 spiro atoms. The minimum absolute atomic E-state index is 0.480. The molecule has 1 aromatic heterocycles. The van der Waals surface area contributed by atoms with Crippen LogP contribution in [0.15, 0.2) is 48.8 Å². The zero-order valence-electron chi connectivity index (χ0n) is 12.3. The molecular weight excluding hydrogens is 246 g/mol. The molecule has 0 aliphatic rings. The van der Waals surface area contributed by atoms with Gasteiger partial charge in [-0.3, -0.25) is 4.68 Å². The molecule has 20 heavy (non-hydrogen) atoms. The summed E-state index contributed by atoms with van der Waals surface area (Å²) < 4.78 is 1.99. The van der Waals surface area contributed by atoms with Crippen LogP contribution in [0.3, 0.4) is 0 Å². The smallest absolute Gasteiger partial charge is 0.0489 e. The van der Waals surface area contributed by atoms with E-state index in [9.17, 15) is 0 Å². The Morgan fingerprint density at radius 3 is 2.70 bits per heavy atom. The van der Waals surface area contributed by atoms with Crippen molar-refractivity contribution in [2.75, 3.05) is 6.54 Å². The van der Waals surface area contributed by atoms with E-state index in [0.717, 1.165) is 19.5 Å². The maximum absolute atomic E-state index is 4.23. The number of aromatic nitrogens is 2. The summed E-state index contributed by atoms with van der Waals surface area (Å²) in [6.45, 7) is 4.26. The van der Waals surface area contributed by atoms with Crippen LogP contribution >= 0.6 is 0 Å². The van der Waals surface area contributed by atoms with Crippen LogP contribution in [-0.2, 0) is 6.54 Å². The summed E-state index contributed by atoms with van der Waals surface area (Å²) in [5, 5.41) is 7.92. The summed E-state index contributed by atoms with van der Waals surface area (Å²) in [7, 11) is 0. The molecule has 2 rings (SSSR count). The van der Waals surface area contributed by atoms with Gasteiger partial charge in [0.25, 0.3) is 0 Å². The van der Waals surface area contributed by atoms with E-state index >= 15 is 0 Å². The number of aryl methyl sites for hydroxylation is 1. The molecule has 0 amide bonds. The Morgan fingerprint density at radius 1 is 1.15 bits per heavy atom. The van der Waals surface area contributed by atoms with Crippen LogP contribution < -0.4 is 5.32 Å². The lowest BCUT2D eigenvalue weighted by atomic mass is 10.0. The summed E-state index contributed by atoms with van der Waals surface area (Å²) in [5.74, 6) is 0. The molecule has 1 heterocycles. The first kappa shape index (κ1) is 14.8. The molecule has 1 atom stereocenters. The van der Waals surface area contributed by atoms with Crippen molar-refractivity contribution < 1.29 is 0 Å². The Hall–Kier alpha value is -1.61. The fourth-order valence-corrected chi connectivity index (χ4v) is 2.43. The van der Waals surface area contributed by atoms with Crippen molar-refractivity contribution in [2.45, 2.75) is 45.2 Å². The normalized spacial score (nSPS) is 12.4. The van der Waals surface area contributed by atoms with Crippen molar-refractivity contribution in [2.24, 2.45) is 0 Å². The number of unbranched alkanes of at least 4 members (excludes halogenated alkanes) is 1. The first-order valence-electron chi connectivity index (χ1n) is 7.66. The predicted octanol–water partition coefficient (Wildman–Crippen LogP) is 3.79. The van der Waals surface area contributed by atoms with Gasteiger partial charge in [-0.2, -0.15) is 5.10 Å². The number of nitrogens with one attached hydrogen (secondary N) is 1. The van der Waals surface area contributed by atoms with Gasteiger partial charge in [-0.05, 0) is 31.0 Å². The minimum Gasteiger partial charge on any atom is -0.310 e.